The van der Waals surface area contributed by atoms with Crippen molar-refractivity contribution in [2.45, 2.75) is 18.9 Å². The summed E-state index contributed by atoms with van der Waals surface area (Å²) >= 11 is 0. The van der Waals surface area contributed by atoms with E-state index in [1.54, 1.807) is 16.8 Å². The van der Waals surface area contributed by atoms with Crippen molar-refractivity contribution >= 4 is 5.69 Å². The van der Waals surface area contributed by atoms with E-state index >= 15 is 0 Å². The van der Waals surface area contributed by atoms with Gasteiger partial charge in [-0.25, -0.2) is 0 Å². The normalized spacial score (nSPS) is 16.7. The molecule has 58 valence electrons. The molecule has 1 aliphatic rings. The highest BCUT2D eigenvalue weighted by atomic mass is 16.1. The highest BCUT2D eigenvalue weighted by molar-refractivity contribution is 5.34. The van der Waals surface area contributed by atoms with Gasteiger partial charge in [0.05, 0.1) is 0 Å². The zero-order valence-corrected chi connectivity index (χ0v) is 6.16. The van der Waals surface area contributed by atoms with Crippen molar-refractivity contribution in [3.8, 4) is 0 Å². The van der Waals surface area contributed by atoms with Crippen molar-refractivity contribution in [3.05, 3.63) is 28.7 Å². The Hall–Kier alpha value is -1.25. The van der Waals surface area contributed by atoms with E-state index in [9.17, 15) is 4.79 Å². The zero-order valence-electron chi connectivity index (χ0n) is 6.16. The van der Waals surface area contributed by atoms with Gasteiger partial charge >= 0.3 is 0 Å². The van der Waals surface area contributed by atoms with Gasteiger partial charge < -0.3 is 10.3 Å². The number of hydrogen-bond acceptors (Lipinski definition) is 2. The number of aromatic nitrogens is 1. The molecule has 0 radical (unpaired) electrons. The molecule has 3 heteroatoms. The first-order valence-corrected chi connectivity index (χ1v) is 3.75. The van der Waals surface area contributed by atoms with Crippen LogP contribution in [0.15, 0.2) is 23.1 Å². The fraction of sp³-hybridized carbons (Fsp3) is 0.375. The number of pyridine rings is 1. The van der Waals surface area contributed by atoms with E-state index in [0.29, 0.717) is 11.7 Å². The van der Waals surface area contributed by atoms with Crippen molar-refractivity contribution < 1.29 is 0 Å². The molecule has 2 rings (SSSR count). The van der Waals surface area contributed by atoms with Gasteiger partial charge in [-0.1, -0.05) is 0 Å². The number of nitrogens with zero attached hydrogens (tertiary/aromatic N) is 1. The molecule has 1 aromatic rings. The molecule has 0 amide bonds. The van der Waals surface area contributed by atoms with E-state index in [0.717, 1.165) is 12.8 Å². The van der Waals surface area contributed by atoms with Gasteiger partial charge in [-0.2, -0.15) is 0 Å². The molecule has 0 saturated heterocycles. The highest BCUT2D eigenvalue weighted by Crippen LogP contribution is 2.33. The van der Waals surface area contributed by atoms with Crippen LogP contribution in [0, 0.1) is 0 Å². The molecule has 0 spiro atoms. The largest absolute Gasteiger partial charge is 0.399 e. The first-order chi connectivity index (χ1) is 5.27. The number of rotatable bonds is 1. The van der Waals surface area contributed by atoms with Gasteiger partial charge in [-0.05, 0) is 18.9 Å². The molecule has 1 saturated carbocycles. The molecular formula is C8H10N2O. The molecule has 3 nitrogen and oxygen atoms in total. The Labute approximate surface area is 64.5 Å². The third-order valence-electron chi connectivity index (χ3n) is 1.91. The second kappa shape index (κ2) is 2.12. The number of anilines is 1. The van der Waals surface area contributed by atoms with E-state index in [1.165, 1.54) is 6.07 Å². The summed E-state index contributed by atoms with van der Waals surface area (Å²) in [6, 6.07) is 3.68. The van der Waals surface area contributed by atoms with E-state index in [4.69, 9.17) is 5.73 Å². The summed E-state index contributed by atoms with van der Waals surface area (Å²) in [5.74, 6) is 0. The van der Waals surface area contributed by atoms with Crippen molar-refractivity contribution in [3.63, 3.8) is 0 Å². The van der Waals surface area contributed by atoms with E-state index in [1.807, 2.05) is 0 Å². The summed E-state index contributed by atoms with van der Waals surface area (Å²) in [6.07, 6.45) is 4.03. The topological polar surface area (TPSA) is 48.0 Å². The van der Waals surface area contributed by atoms with Crippen LogP contribution in [0.4, 0.5) is 5.69 Å². The first kappa shape index (κ1) is 6.46. The van der Waals surface area contributed by atoms with Gasteiger partial charge in [0.25, 0.3) is 5.56 Å². The minimum Gasteiger partial charge on any atom is -0.399 e. The average Bonchev–Trinajstić information content (AvgIpc) is 2.70. The van der Waals surface area contributed by atoms with Gasteiger partial charge in [0.15, 0.2) is 0 Å². The smallest absolute Gasteiger partial charge is 0.252 e. The van der Waals surface area contributed by atoms with Crippen LogP contribution in [0.2, 0.25) is 0 Å². The van der Waals surface area contributed by atoms with Crippen LogP contribution in [0.1, 0.15) is 18.9 Å². The monoisotopic (exact) mass is 150 g/mol. The Morgan fingerprint density at radius 2 is 2.27 bits per heavy atom. The summed E-state index contributed by atoms with van der Waals surface area (Å²) < 4.78 is 1.75. The third kappa shape index (κ3) is 1.13. The molecule has 1 aromatic heterocycles. The van der Waals surface area contributed by atoms with Crippen molar-refractivity contribution in [1.29, 1.82) is 0 Å². The predicted molar refractivity (Wildman–Crippen MR) is 43.4 cm³/mol. The fourth-order valence-electron chi connectivity index (χ4n) is 1.16. The molecule has 0 unspecified atom stereocenters. The van der Waals surface area contributed by atoms with Crippen molar-refractivity contribution in [2.24, 2.45) is 0 Å². The Morgan fingerprint density at radius 3 is 2.82 bits per heavy atom. The second-order valence-corrected chi connectivity index (χ2v) is 2.94. The van der Waals surface area contributed by atoms with Crippen molar-refractivity contribution in [1.82, 2.24) is 4.57 Å². The zero-order chi connectivity index (χ0) is 7.84. The molecule has 0 aromatic carbocycles. The summed E-state index contributed by atoms with van der Waals surface area (Å²) in [6.45, 7) is 0. The average molecular weight is 150 g/mol. The molecule has 11 heavy (non-hydrogen) atoms. The lowest BCUT2D eigenvalue weighted by Crippen LogP contribution is -2.17. The summed E-state index contributed by atoms with van der Waals surface area (Å²) in [5, 5.41) is 0. The third-order valence-corrected chi connectivity index (χ3v) is 1.91. The number of hydrogen-bond donors (Lipinski definition) is 1. The molecule has 1 heterocycles. The summed E-state index contributed by atoms with van der Waals surface area (Å²) in [7, 11) is 0. The lowest BCUT2D eigenvalue weighted by atomic mass is 10.4. The first-order valence-electron chi connectivity index (χ1n) is 3.75. The Bertz CT molecular complexity index is 325. The quantitative estimate of drug-likeness (QED) is 0.642. The van der Waals surface area contributed by atoms with Gasteiger partial charge in [-0.3, -0.25) is 4.79 Å². The molecule has 0 bridgehead atoms. The maximum absolute atomic E-state index is 11.2. The van der Waals surface area contributed by atoms with E-state index in [2.05, 4.69) is 0 Å². The maximum atomic E-state index is 11.2. The Kier molecular flexibility index (Phi) is 1.24. The maximum Gasteiger partial charge on any atom is 0.252 e. The van der Waals surface area contributed by atoms with Gasteiger partial charge in [0.2, 0.25) is 0 Å². The predicted octanol–water partition coefficient (Wildman–Crippen LogP) is 0.765. The number of nitrogen functional groups attached to an aromatic ring is 1. The Balaban J connectivity index is 2.48. The number of nitrogens with two attached hydrogens (primary N) is 1. The Morgan fingerprint density at radius 1 is 1.55 bits per heavy atom. The van der Waals surface area contributed by atoms with Crippen LogP contribution in [0.25, 0.3) is 0 Å². The lowest BCUT2D eigenvalue weighted by molar-refractivity contribution is 0.708. The van der Waals surface area contributed by atoms with Gasteiger partial charge in [0.1, 0.15) is 0 Å². The van der Waals surface area contributed by atoms with Crippen LogP contribution in [0.3, 0.4) is 0 Å². The van der Waals surface area contributed by atoms with Crippen LogP contribution < -0.4 is 11.3 Å². The van der Waals surface area contributed by atoms with E-state index in [-0.39, 0.29) is 5.56 Å². The minimum absolute atomic E-state index is 0.0208. The summed E-state index contributed by atoms with van der Waals surface area (Å²) in [5.41, 5.74) is 6.00. The van der Waals surface area contributed by atoms with E-state index < -0.39 is 0 Å². The lowest BCUT2D eigenvalue weighted by Gasteiger charge is -2.01. The molecule has 0 atom stereocenters. The highest BCUT2D eigenvalue weighted by Gasteiger charge is 2.23. The van der Waals surface area contributed by atoms with Gasteiger partial charge in [-0.15, -0.1) is 0 Å². The molecule has 0 aliphatic heterocycles. The summed E-state index contributed by atoms with van der Waals surface area (Å²) in [4.78, 5) is 11.2. The SMILES string of the molecule is Nc1ccn(C2CC2)c(=O)c1. The molecule has 1 fully saturated rings. The van der Waals surface area contributed by atoms with Crippen LogP contribution >= 0.6 is 0 Å². The van der Waals surface area contributed by atoms with Crippen molar-refractivity contribution in [2.75, 3.05) is 5.73 Å². The standard InChI is InChI=1S/C8H10N2O/c9-6-3-4-10(7-1-2-7)8(11)5-6/h3-5,7H,1-2,9H2. The van der Waals surface area contributed by atoms with Crippen LogP contribution in [0.5, 0.6) is 0 Å². The van der Waals surface area contributed by atoms with Crippen LogP contribution in [-0.2, 0) is 0 Å². The fourth-order valence-corrected chi connectivity index (χ4v) is 1.16. The van der Waals surface area contributed by atoms with Crippen LogP contribution in [-0.4, -0.2) is 4.57 Å². The molecule has 2 N–H and O–H groups in total. The molecular weight excluding hydrogens is 140 g/mol. The second-order valence-electron chi connectivity index (χ2n) is 2.94. The molecule has 1 aliphatic carbocycles. The van der Waals surface area contributed by atoms with Gasteiger partial charge in [0, 0.05) is 24.0 Å². The minimum atomic E-state index is 0.0208.